The molecule has 0 aliphatic rings. The summed E-state index contributed by atoms with van der Waals surface area (Å²) in [4.78, 5) is 24.6. The zero-order valence-corrected chi connectivity index (χ0v) is 16.2. The first kappa shape index (κ1) is 19.6. The highest BCUT2D eigenvalue weighted by atomic mass is 35.5. The molecule has 0 aliphatic heterocycles. The first-order valence-electron chi connectivity index (χ1n) is 8.88. The molecule has 0 saturated heterocycles. The van der Waals surface area contributed by atoms with Gasteiger partial charge in [-0.25, -0.2) is 4.79 Å². The average Bonchev–Trinajstić information content (AvgIpc) is 2.70. The number of rotatable bonds is 6. The summed E-state index contributed by atoms with van der Waals surface area (Å²) >= 11 is 6.05. The third-order valence-corrected chi connectivity index (χ3v) is 4.67. The van der Waals surface area contributed by atoms with E-state index < -0.39 is 11.9 Å². The van der Waals surface area contributed by atoms with Crippen LogP contribution in [-0.2, 0) is 16.0 Å². The predicted octanol–water partition coefficient (Wildman–Crippen LogP) is 5.03. The molecule has 0 bridgehead atoms. The second-order valence-corrected chi connectivity index (χ2v) is 6.81. The van der Waals surface area contributed by atoms with E-state index >= 15 is 0 Å². The van der Waals surface area contributed by atoms with Gasteiger partial charge in [0.15, 0.2) is 6.61 Å². The minimum absolute atomic E-state index is 0.371. The fraction of sp³-hybridized carbons (Fsp3) is 0.130. The third kappa shape index (κ3) is 5.21. The Balaban J connectivity index is 1.61. The summed E-state index contributed by atoms with van der Waals surface area (Å²) in [7, 11) is 0. The van der Waals surface area contributed by atoms with Crippen molar-refractivity contribution in [3.8, 4) is 0 Å². The number of ether oxygens (including phenoxy) is 1. The Bertz CT molecular complexity index is 986. The topological polar surface area (TPSA) is 55.4 Å². The Labute approximate surface area is 169 Å². The molecule has 3 aromatic carbocycles. The molecule has 0 heterocycles. The lowest BCUT2D eigenvalue weighted by molar-refractivity contribution is -0.119. The first-order chi connectivity index (χ1) is 13.5. The van der Waals surface area contributed by atoms with E-state index in [0.717, 1.165) is 16.7 Å². The summed E-state index contributed by atoms with van der Waals surface area (Å²) in [5.74, 6) is -0.947. The lowest BCUT2D eigenvalue weighted by atomic mass is 10.00. The second-order valence-electron chi connectivity index (χ2n) is 6.41. The molecule has 0 aliphatic carbocycles. The number of anilines is 1. The molecule has 3 rings (SSSR count). The molecule has 4 nitrogen and oxygen atoms in total. The Morgan fingerprint density at radius 3 is 2.43 bits per heavy atom. The van der Waals surface area contributed by atoms with Gasteiger partial charge >= 0.3 is 5.97 Å². The molecule has 1 amide bonds. The fourth-order valence-corrected chi connectivity index (χ4v) is 2.95. The molecule has 0 saturated carbocycles. The molecule has 0 spiro atoms. The number of carbonyl (C=O) groups excluding carboxylic acids is 2. The molecule has 28 heavy (non-hydrogen) atoms. The van der Waals surface area contributed by atoms with E-state index in [1.54, 1.807) is 24.3 Å². The van der Waals surface area contributed by atoms with Crippen LogP contribution in [0.5, 0.6) is 0 Å². The van der Waals surface area contributed by atoms with Gasteiger partial charge in [-0.3, -0.25) is 4.79 Å². The largest absolute Gasteiger partial charge is 0.452 e. The Kier molecular flexibility index (Phi) is 6.45. The molecule has 0 aromatic heterocycles. The second kappa shape index (κ2) is 9.20. The SMILES string of the molecule is Cc1ccc(NC(=O)COC(=O)c2ccccc2Cc2ccccc2)cc1Cl. The van der Waals surface area contributed by atoms with Crippen molar-refractivity contribution in [3.05, 3.63) is 100 Å². The Morgan fingerprint density at radius 1 is 0.964 bits per heavy atom. The van der Waals surface area contributed by atoms with Crippen molar-refractivity contribution in [1.82, 2.24) is 0 Å². The number of nitrogens with one attached hydrogen (secondary N) is 1. The van der Waals surface area contributed by atoms with Crippen molar-refractivity contribution in [2.75, 3.05) is 11.9 Å². The van der Waals surface area contributed by atoms with Crippen LogP contribution in [0.3, 0.4) is 0 Å². The molecule has 0 unspecified atom stereocenters. The number of amides is 1. The van der Waals surface area contributed by atoms with Gasteiger partial charge < -0.3 is 10.1 Å². The maximum absolute atomic E-state index is 12.5. The summed E-state index contributed by atoms with van der Waals surface area (Å²) in [6.07, 6.45) is 0.611. The molecule has 0 fully saturated rings. The van der Waals surface area contributed by atoms with E-state index in [0.29, 0.717) is 22.7 Å². The molecule has 142 valence electrons. The maximum atomic E-state index is 12.5. The van der Waals surface area contributed by atoms with Crippen LogP contribution in [-0.4, -0.2) is 18.5 Å². The van der Waals surface area contributed by atoms with Crippen LogP contribution < -0.4 is 5.32 Å². The van der Waals surface area contributed by atoms with Crippen LogP contribution in [0.4, 0.5) is 5.69 Å². The van der Waals surface area contributed by atoms with Crippen LogP contribution in [0.2, 0.25) is 5.02 Å². The van der Waals surface area contributed by atoms with Crippen molar-refractivity contribution in [2.24, 2.45) is 0 Å². The number of hydrogen-bond donors (Lipinski definition) is 1. The molecular weight excluding hydrogens is 374 g/mol. The van der Waals surface area contributed by atoms with Gasteiger partial charge in [0.1, 0.15) is 0 Å². The highest BCUT2D eigenvalue weighted by Gasteiger charge is 2.14. The Hall–Kier alpha value is -3.11. The number of benzene rings is 3. The molecule has 0 radical (unpaired) electrons. The van der Waals surface area contributed by atoms with Crippen molar-refractivity contribution in [2.45, 2.75) is 13.3 Å². The zero-order valence-electron chi connectivity index (χ0n) is 15.4. The Morgan fingerprint density at radius 2 is 1.68 bits per heavy atom. The summed E-state index contributed by atoms with van der Waals surface area (Å²) in [6, 6.07) is 22.3. The molecule has 5 heteroatoms. The van der Waals surface area contributed by atoms with Gasteiger partial charge in [0.25, 0.3) is 5.91 Å². The van der Waals surface area contributed by atoms with Gasteiger partial charge in [0.05, 0.1) is 5.56 Å². The highest BCUT2D eigenvalue weighted by molar-refractivity contribution is 6.31. The lowest BCUT2D eigenvalue weighted by Crippen LogP contribution is -2.21. The van der Waals surface area contributed by atoms with Gasteiger partial charge in [-0.1, -0.05) is 66.2 Å². The summed E-state index contributed by atoms with van der Waals surface area (Å²) in [6.45, 7) is 1.51. The van der Waals surface area contributed by atoms with Crippen LogP contribution in [0.1, 0.15) is 27.0 Å². The van der Waals surface area contributed by atoms with Crippen LogP contribution in [0, 0.1) is 6.92 Å². The molecule has 1 N–H and O–H groups in total. The standard InChI is InChI=1S/C23H20ClNO3/c1-16-11-12-19(14-21(16)24)25-22(26)15-28-23(27)20-10-6-5-9-18(20)13-17-7-3-2-4-8-17/h2-12,14H,13,15H2,1H3,(H,25,26). The summed E-state index contributed by atoms with van der Waals surface area (Å²) < 4.78 is 5.21. The van der Waals surface area contributed by atoms with E-state index in [1.807, 2.05) is 55.5 Å². The van der Waals surface area contributed by atoms with E-state index in [2.05, 4.69) is 5.32 Å². The first-order valence-corrected chi connectivity index (χ1v) is 9.25. The van der Waals surface area contributed by atoms with Crippen LogP contribution in [0.25, 0.3) is 0 Å². The molecule has 3 aromatic rings. The molecular formula is C23H20ClNO3. The maximum Gasteiger partial charge on any atom is 0.338 e. The summed E-state index contributed by atoms with van der Waals surface area (Å²) in [5.41, 5.74) is 3.88. The van der Waals surface area contributed by atoms with Gasteiger partial charge in [-0.05, 0) is 48.2 Å². The fourth-order valence-electron chi connectivity index (χ4n) is 2.77. The quantitative estimate of drug-likeness (QED) is 0.597. The number of esters is 1. The van der Waals surface area contributed by atoms with Gasteiger partial charge in [-0.2, -0.15) is 0 Å². The monoisotopic (exact) mass is 393 g/mol. The van der Waals surface area contributed by atoms with Crippen molar-refractivity contribution in [3.63, 3.8) is 0 Å². The number of hydrogen-bond acceptors (Lipinski definition) is 3. The smallest absolute Gasteiger partial charge is 0.338 e. The summed E-state index contributed by atoms with van der Waals surface area (Å²) in [5, 5.41) is 3.23. The van der Waals surface area contributed by atoms with Gasteiger partial charge in [0.2, 0.25) is 0 Å². The van der Waals surface area contributed by atoms with Crippen molar-refractivity contribution < 1.29 is 14.3 Å². The van der Waals surface area contributed by atoms with E-state index in [9.17, 15) is 9.59 Å². The predicted molar refractivity (Wildman–Crippen MR) is 111 cm³/mol. The van der Waals surface area contributed by atoms with Crippen LogP contribution in [0.15, 0.2) is 72.8 Å². The minimum Gasteiger partial charge on any atom is -0.452 e. The highest BCUT2D eigenvalue weighted by Crippen LogP contribution is 2.20. The zero-order chi connectivity index (χ0) is 19.9. The van der Waals surface area contributed by atoms with Crippen LogP contribution >= 0.6 is 11.6 Å². The van der Waals surface area contributed by atoms with Gasteiger partial charge in [-0.15, -0.1) is 0 Å². The number of aryl methyl sites for hydroxylation is 1. The van der Waals surface area contributed by atoms with E-state index in [4.69, 9.17) is 16.3 Å². The third-order valence-electron chi connectivity index (χ3n) is 4.26. The molecule has 0 atom stereocenters. The van der Waals surface area contributed by atoms with E-state index in [-0.39, 0.29) is 6.61 Å². The average molecular weight is 394 g/mol. The van der Waals surface area contributed by atoms with E-state index in [1.165, 1.54) is 0 Å². The minimum atomic E-state index is -0.524. The number of carbonyl (C=O) groups is 2. The van der Waals surface area contributed by atoms with Crippen molar-refractivity contribution in [1.29, 1.82) is 0 Å². The normalized spacial score (nSPS) is 10.4. The van der Waals surface area contributed by atoms with Gasteiger partial charge in [0, 0.05) is 10.7 Å². The lowest BCUT2D eigenvalue weighted by Gasteiger charge is -2.10. The van der Waals surface area contributed by atoms with Crippen molar-refractivity contribution >= 4 is 29.2 Å². The number of halogens is 1.